The predicted molar refractivity (Wildman–Crippen MR) is 92.4 cm³/mol. The fraction of sp³-hybridized carbons (Fsp3) is 0.294. The van der Waals surface area contributed by atoms with Crippen molar-refractivity contribution in [2.24, 2.45) is 10.9 Å². The fourth-order valence-corrected chi connectivity index (χ4v) is 2.43. The molecule has 1 unspecified atom stereocenters. The first kappa shape index (κ1) is 15.4. The zero-order valence-electron chi connectivity index (χ0n) is 12.9. The lowest BCUT2D eigenvalue weighted by molar-refractivity contribution is 0.289. The summed E-state index contributed by atoms with van der Waals surface area (Å²) in [7, 11) is 5.77. The van der Waals surface area contributed by atoms with Crippen LogP contribution >= 0.6 is 12.2 Å². The lowest BCUT2D eigenvalue weighted by Crippen LogP contribution is -2.26. The maximum atomic E-state index is 5.83. The first-order valence-electron chi connectivity index (χ1n) is 6.78. The van der Waals surface area contributed by atoms with Crippen LogP contribution in [-0.4, -0.2) is 36.6 Å². The number of hydrogen-bond acceptors (Lipinski definition) is 4. The van der Waals surface area contributed by atoms with E-state index in [1.54, 1.807) is 7.05 Å². The van der Waals surface area contributed by atoms with Crippen LogP contribution in [0.1, 0.15) is 6.92 Å². The summed E-state index contributed by atoms with van der Waals surface area (Å²) >= 11 is 5.61. The van der Waals surface area contributed by atoms with E-state index in [4.69, 9.17) is 17.0 Å². The molecule has 0 radical (unpaired) electrons. The van der Waals surface area contributed by atoms with Crippen LogP contribution in [0.15, 0.2) is 64.7 Å². The minimum absolute atomic E-state index is 0.00434. The van der Waals surface area contributed by atoms with Crippen molar-refractivity contribution >= 4 is 22.8 Å². The molecule has 0 aromatic rings. The predicted octanol–water partition coefficient (Wildman–Crippen LogP) is 3.43. The van der Waals surface area contributed by atoms with Gasteiger partial charge in [-0.05, 0) is 25.2 Å². The zero-order valence-corrected chi connectivity index (χ0v) is 13.7. The molecule has 1 aliphatic heterocycles. The number of allylic oxidation sites excluding steroid dienone is 7. The van der Waals surface area contributed by atoms with Gasteiger partial charge < -0.3 is 9.64 Å². The Kier molecular flexibility index (Phi) is 4.58. The summed E-state index contributed by atoms with van der Waals surface area (Å²) in [6.45, 7) is 6.03. The molecule has 1 heterocycles. The highest BCUT2D eigenvalue weighted by Gasteiger charge is 2.31. The summed E-state index contributed by atoms with van der Waals surface area (Å²) in [5.41, 5.74) is 2.90. The van der Waals surface area contributed by atoms with Crippen molar-refractivity contribution in [3.05, 3.63) is 59.7 Å². The van der Waals surface area contributed by atoms with Gasteiger partial charge in [0.1, 0.15) is 11.5 Å². The Bertz CT molecular complexity index is 633. The third-order valence-electron chi connectivity index (χ3n) is 3.60. The van der Waals surface area contributed by atoms with Crippen molar-refractivity contribution in [1.82, 2.24) is 4.90 Å². The lowest BCUT2D eigenvalue weighted by atomic mass is 9.89. The molecule has 3 nitrogen and oxygen atoms in total. The zero-order chi connectivity index (χ0) is 15.6. The fourth-order valence-electron chi connectivity index (χ4n) is 2.05. The quantitative estimate of drug-likeness (QED) is 0.577. The highest BCUT2D eigenvalue weighted by atomic mass is 32.1. The summed E-state index contributed by atoms with van der Waals surface area (Å²) in [6, 6.07) is 0. The molecule has 0 aromatic carbocycles. The van der Waals surface area contributed by atoms with Gasteiger partial charge in [-0.3, -0.25) is 4.99 Å². The summed E-state index contributed by atoms with van der Waals surface area (Å²) < 4.78 is 5.83. The van der Waals surface area contributed by atoms with Crippen LogP contribution in [0.4, 0.5) is 0 Å². The summed E-state index contributed by atoms with van der Waals surface area (Å²) in [5, 5.41) is 0. The van der Waals surface area contributed by atoms with Crippen LogP contribution in [0.5, 0.6) is 0 Å². The average Bonchev–Trinajstić information content (AvgIpc) is 2.45. The van der Waals surface area contributed by atoms with E-state index >= 15 is 0 Å². The van der Waals surface area contributed by atoms with Crippen LogP contribution in [0.2, 0.25) is 0 Å². The first-order valence-corrected chi connectivity index (χ1v) is 7.18. The van der Waals surface area contributed by atoms with Gasteiger partial charge in [-0.2, -0.15) is 0 Å². The molecule has 0 amide bonds. The molecule has 2 rings (SSSR count). The van der Waals surface area contributed by atoms with Crippen LogP contribution in [0.3, 0.4) is 0 Å². The number of ether oxygens (including phenoxy) is 1. The number of aliphatic imine (C=N–C) groups is 1. The van der Waals surface area contributed by atoms with E-state index in [0.29, 0.717) is 5.76 Å². The van der Waals surface area contributed by atoms with Gasteiger partial charge in [-0.1, -0.05) is 24.9 Å². The Morgan fingerprint density at radius 3 is 2.81 bits per heavy atom. The van der Waals surface area contributed by atoms with Gasteiger partial charge in [-0.25, -0.2) is 0 Å². The van der Waals surface area contributed by atoms with Crippen LogP contribution in [-0.2, 0) is 4.74 Å². The Labute approximate surface area is 131 Å². The second-order valence-corrected chi connectivity index (χ2v) is 5.64. The lowest BCUT2D eigenvalue weighted by Gasteiger charge is -2.30. The van der Waals surface area contributed by atoms with Gasteiger partial charge >= 0.3 is 0 Å². The monoisotopic (exact) mass is 300 g/mol. The van der Waals surface area contributed by atoms with E-state index in [-0.39, 0.29) is 5.92 Å². The highest BCUT2D eigenvalue weighted by Crippen LogP contribution is 2.34. The minimum Gasteiger partial charge on any atom is -0.461 e. The van der Waals surface area contributed by atoms with Crippen molar-refractivity contribution in [3.63, 3.8) is 0 Å². The molecule has 1 aliphatic carbocycles. The van der Waals surface area contributed by atoms with Crippen LogP contribution < -0.4 is 0 Å². The van der Waals surface area contributed by atoms with Crippen molar-refractivity contribution in [2.75, 3.05) is 21.1 Å². The van der Waals surface area contributed by atoms with Gasteiger partial charge in [0.05, 0.1) is 11.6 Å². The molecule has 0 spiro atoms. The molecule has 0 N–H and O–H groups in total. The number of fused-ring (bicyclic) bond motifs is 1. The van der Waals surface area contributed by atoms with Gasteiger partial charge in [0.2, 0.25) is 0 Å². The second kappa shape index (κ2) is 6.22. The van der Waals surface area contributed by atoms with Gasteiger partial charge in [0, 0.05) is 43.4 Å². The van der Waals surface area contributed by atoms with E-state index in [9.17, 15) is 0 Å². The number of nitrogens with zero attached hydrogens (tertiary/aromatic N) is 2. The Morgan fingerprint density at radius 2 is 2.19 bits per heavy atom. The smallest absolute Gasteiger partial charge is 0.128 e. The van der Waals surface area contributed by atoms with Crippen molar-refractivity contribution < 1.29 is 4.74 Å². The van der Waals surface area contributed by atoms with Crippen LogP contribution in [0, 0.1) is 5.92 Å². The highest BCUT2D eigenvalue weighted by molar-refractivity contribution is 7.81. The largest absolute Gasteiger partial charge is 0.461 e. The van der Waals surface area contributed by atoms with Crippen molar-refractivity contribution in [1.29, 1.82) is 0 Å². The van der Waals surface area contributed by atoms with E-state index in [1.165, 1.54) is 0 Å². The molecule has 1 saturated heterocycles. The molecule has 1 atom stereocenters. The van der Waals surface area contributed by atoms with Crippen molar-refractivity contribution in [2.45, 2.75) is 6.92 Å². The third kappa shape index (κ3) is 3.22. The maximum absolute atomic E-state index is 5.83. The van der Waals surface area contributed by atoms with E-state index in [0.717, 1.165) is 27.6 Å². The van der Waals surface area contributed by atoms with E-state index in [1.807, 2.05) is 56.3 Å². The molecular formula is C17H20N2OS. The van der Waals surface area contributed by atoms with E-state index in [2.05, 4.69) is 11.6 Å². The Hall–Kier alpha value is -1.94. The molecule has 110 valence electrons. The minimum atomic E-state index is -0.00434. The second-order valence-electron chi connectivity index (χ2n) is 5.20. The Morgan fingerprint density at radius 1 is 1.48 bits per heavy atom. The standard InChI is InChI=1S/C17H20N2OS/c1-11(19(4)5)6-8-14-12(2)20-16-10-13(18-3)7-9-15(16)17(14)21/h6-10,15H,2H2,1,3-5H3/b11-6+,14-8+,18-13?. The molecular weight excluding hydrogens is 280 g/mol. The Balaban J connectivity index is 2.32. The van der Waals surface area contributed by atoms with Gasteiger partial charge in [0.25, 0.3) is 0 Å². The average molecular weight is 300 g/mol. The van der Waals surface area contributed by atoms with Crippen molar-refractivity contribution in [3.8, 4) is 0 Å². The summed E-state index contributed by atoms with van der Waals surface area (Å²) in [5.74, 6) is 1.39. The molecule has 21 heavy (non-hydrogen) atoms. The first-order chi connectivity index (χ1) is 9.93. The number of rotatable bonds is 2. The molecule has 0 aromatic heterocycles. The summed E-state index contributed by atoms with van der Waals surface area (Å²) in [6.07, 6.45) is 9.92. The van der Waals surface area contributed by atoms with Crippen LogP contribution in [0.25, 0.3) is 0 Å². The topological polar surface area (TPSA) is 24.8 Å². The molecule has 0 saturated carbocycles. The van der Waals surface area contributed by atoms with E-state index < -0.39 is 0 Å². The SMILES string of the molecule is C=C1OC2=CC(=NC)C=CC2C(=S)/C1=C/C=C(\C)N(C)C. The molecule has 2 aliphatic rings. The maximum Gasteiger partial charge on any atom is 0.128 e. The number of hydrogen-bond donors (Lipinski definition) is 0. The molecule has 0 bridgehead atoms. The summed E-state index contributed by atoms with van der Waals surface area (Å²) in [4.78, 5) is 7.04. The molecule has 1 fully saturated rings. The van der Waals surface area contributed by atoms with Gasteiger partial charge in [0.15, 0.2) is 0 Å². The molecule has 4 heteroatoms. The number of thiocarbonyl (C=S) groups is 1. The third-order valence-corrected chi connectivity index (χ3v) is 4.07. The normalized spacial score (nSPS) is 25.8. The van der Waals surface area contributed by atoms with Gasteiger partial charge in [-0.15, -0.1) is 0 Å².